The van der Waals surface area contributed by atoms with E-state index < -0.39 is 0 Å². The number of aromatic nitrogens is 21. The van der Waals surface area contributed by atoms with E-state index in [0.717, 1.165) is 130 Å². The fourth-order valence-electron chi connectivity index (χ4n) is 12.7. The van der Waals surface area contributed by atoms with Crippen molar-refractivity contribution in [2.45, 2.75) is 95.9 Å². The highest BCUT2D eigenvalue weighted by Gasteiger charge is 2.24. The van der Waals surface area contributed by atoms with Gasteiger partial charge in [0.1, 0.15) is 55.8 Å². The molecule has 12 aromatic heterocycles. The minimum absolute atomic E-state index is 0. The first-order valence-electron chi connectivity index (χ1n) is 35.6. The van der Waals surface area contributed by atoms with Crippen molar-refractivity contribution in [3.05, 3.63) is 427 Å². The maximum atomic E-state index is 4.30. The molecule has 0 radical (unpaired) electrons. The van der Waals surface area contributed by atoms with Gasteiger partial charge in [0.05, 0.1) is 39.9 Å². The third-order valence-electron chi connectivity index (χ3n) is 17.8. The second kappa shape index (κ2) is 45.6. The van der Waals surface area contributed by atoms with Gasteiger partial charge in [-0.15, -0.1) is 0 Å². The Hall–Kier alpha value is -14.7. The molecule has 0 spiro atoms. The van der Waals surface area contributed by atoms with Gasteiger partial charge in [0, 0.05) is 195 Å². The number of fused-ring (bicyclic) bond motifs is 15. The average molecular weight is 1530 g/mol. The van der Waals surface area contributed by atoms with Gasteiger partial charge in [-0.05, 0) is 86.8 Å². The van der Waals surface area contributed by atoms with Crippen LogP contribution in [0, 0.1) is 0 Å². The summed E-state index contributed by atoms with van der Waals surface area (Å²) in [6.45, 7) is 0. The normalized spacial score (nSPS) is 10.6. The standard InChI is InChI=1S/C13H12.2C11H8N2.2C10H7N3.C10H9N3.C9H6N4.C9H8N4.C6H6.6CH4/c1-3-7-12(8-4-1)11-13-9-5-2-6-10-13;1-2-4-10-8(3-1)5-9-6-12-7-13-11(9)10;1-2-4-9-8(3-1)5-11-10(9)6-12-7-13-11;1-2-11-4-8-7(1)3-10-9(8)5-12-6-13-10;1-2-7-6-8-10(9(7)12-3-1)13-5-4-11-8;1-2-5-11-9(4-1)8-10-12-6-3-7-13-10;1-6-2-10-4-12-8(6)9-7(1)3-11-5-13-9;1(8-2-10-6-11-3-8)9-4-12-7-13-5-9;1-2-4-6-5-3-1;;;;;;/h1-10H,11H2;2*1-4,6-7H,5H2;1-2,4-6H,3H2;1-5H,6H2;1-7H,8H2;2-5H,1H2;2-7H,1H2;1-6H;6*1H4. The van der Waals surface area contributed by atoms with Gasteiger partial charge < -0.3 is 0 Å². The lowest BCUT2D eigenvalue weighted by Crippen LogP contribution is -1.96. The quantitative estimate of drug-likeness (QED) is 0.150. The zero-order chi connectivity index (χ0) is 74.4. The predicted molar refractivity (Wildman–Crippen MR) is 461 cm³/mol. The Labute approximate surface area is 680 Å². The zero-order valence-corrected chi connectivity index (χ0v) is 59.8. The van der Waals surface area contributed by atoms with Crippen molar-refractivity contribution < 1.29 is 0 Å². The van der Waals surface area contributed by atoms with Crippen molar-refractivity contribution in [1.29, 1.82) is 0 Å². The molecule has 5 aliphatic rings. The van der Waals surface area contributed by atoms with Gasteiger partial charge in [-0.3, -0.25) is 24.9 Å². The Balaban J connectivity index is 0.000000163. The van der Waals surface area contributed by atoms with Crippen LogP contribution in [0.2, 0.25) is 0 Å². The van der Waals surface area contributed by atoms with Crippen LogP contribution in [0.15, 0.2) is 338 Å². The fourth-order valence-corrected chi connectivity index (χ4v) is 12.7. The van der Waals surface area contributed by atoms with Crippen LogP contribution in [0.3, 0.4) is 0 Å². The van der Waals surface area contributed by atoms with E-state index in [1.165, 1.54) is 73.9 Å². The molecule has 5 aliphatic carbocycles. The molecule has 0 N–H and O–H groups in total. The first kappa shape index (κ1) is 86.9. The third-order valence-corrected chi connectivity index (χ3v) is 17.8. The molecule has 0 fully saturated rings. The van der Waals surface area contributed by atoms with Crippen molar-refractivity contribution in [2.24, 2.45) is 0 Å². The van der Waals surface area contributed by atoms with Crippen LogP contribution in [0.1, 0.15) is 134 Å². The number of hydrogen-bond donors (Lipinski definition) is 0. The molecule has 21 heteroatoms. The van der Waals surface area contributed by atoms with Crippen molar-refractivity contribution in [3.63, 3.8) is 0 Å². The first-order valence-corrected chi connectivity index (χ1v) is 35.6. The smallest absolute Gasteiger partial charge is 0.134 e. The molecule has 580 valence electrons. The van der Waals surface area contributed by atoms with E-state index in [9.17, 15) is 0 Å². The lowest BCUT2D eigenvalue weighted by atomic mass is 10.1. The van der Waals surface area contributed by atoms with Crippen LogP contribution in [-0.4, -0.2) is 105 Å². The molecule has 0 saturated heterocycles. The first-order chi connectivity index (χ1) is 54.6. The summed E-state index contributed by atoms with van der Waals surface area (Å²) in [4.78, 5) is 86.3. The van der Waals surface area contributed by atoms with Crippen LogP contribution in [0.4, 0.5) is 0 Å². The highest BCUT2D eigenvalue weighted by Crippen LogP contribution is 2.37. The highest BCUT2D eigenvalue weighted by molar-refractivity contribution is 5.76. The number of pyridine rings is 3. The van der Waals surface area contributed by atoms with Crippen LogP contribution >= 0.6 is 0 Å². The summed E-state index contributed by atoms with van der Waals surface area (Å²) in [7, 11) is 0. The van der Waals surface area contributed by atoms with E-state index in [2.05, 4.69) is 220 Å². The number of hydrogen-bond acceptors (Lipinski definition) is 21. The molecule has 17 aromatic rings. The lowest BCUT2D eigenvalue weighted by molar-refractivity contribution is 0.935. The fraction of sp³-hybridized carbons (Fsp3) is 0.147. The second-order valence-electron chi connectivity index (χ2n) is 25.2. The highest BCUT2D eigenvalue weighted by atomic mass is 14.9. The van der Waals surface area contributed by atoms with Crippen molar-refractivity contribution in [3.8, 4) is 56.3 Å². The molecule has 0 saturated carbocycles. The maximum absolute atomic E-state index is 4.30. The van der Waals surface area contributed by atoms with Gasteiger partial charge in [0.15, 0.2) is 0 Å². The Morgan fingerprint density at radius 1 is 0.190 bits per heavy atom. The molecule has 0 atom stereocenters. The van der Waals surface area contributed by atoms with Gasteiger partial charge in [-0.1, -0.05) is 202 Å². The number of rotatable bonds is 6. The number of benzene rings is 5. The summed E-state index contributed by atoms with van der Waals surface area (Å²) in [5.74, 6) is 0.807. The summed E-state index contributed by atoms with van der Waals surface area (Å²) in [6, 6.07) is 63.6. The van der Waals surface area contributed by atoms with Crippen molar-refractivity contribution >= 4 is 0 Å². The van der Waals surface area contributed by atoms with Crippen LogP contribution in [0.25, 0.3) is 56.3 Å². The topological polar surface area (TPSA) is 271 Å². The van der Waals surface area contributed by atoms with Crippen LogP contribution < -0.4 is 0 Å². The van der Waals surface area contributed by atoms with Gasteiger partial charge in [0.25, 0.3) is 0 Å². The van der Waals surface area contributed by atoms with E-state index in [-0.39, 0.29) is 44.6 Å². The summed E-state index contributed by atoms with van der Waals surface area (Å²) in [6.07, 6.45) is 48.7. The summed E-state index contributed by atoms with van der Waals surface area (Å²) in [5, 5.41) is 0. The SMILES string of the molecule is C.C.C.C.C.C.c1cc2c(cn1)-c1cncnc1C2.c1ccc(Cc2ccccc2)cc1.c1ccc(Cc2ncccn2)nc1.c1ccc2c(c1)Cc1cncnc1-2.c1ccc2c(c1)Cc1ncncc1-2.c1ccccc1.c1cnc2c(c1)Cc1nccnc1-2.c1ncc(Cc2cncnc2)cn1.c1ncc2c(n1)-c1ncncc1C2. The molecule has 116 heavy (non-hydrogen) atoms. The van der Waals surface area contributed by atoms with Gasteiger partial charge >= 0.3 is 0 Å². The van der Waals surface area contributed by atoms with Gasteiger partial charge in [-0.2, -0.15) is 0 Å². The van der Waals surface area contributed by atoms with E-state index >= 15 is 0 Å². The van der Waals surface area contributed by atoms with Crippen LogP contribution in [0.5, 0.6) is 0 Å². The molecule has 5 aromatic carbocycles. The van der Waals surface area contributed by atoms with E-state index in [1.807, 2.05) is 116 Å². The van der Waals surface area contributed by atoms with E-state index in [4.69, 9.17) is 0 Å². The molecule has 0 aliphatic heterocycles. The predicted octanol–water partition coefficient (Wildman–Crippen LogP) is 18.9. The molecule has 12 heterocycles. The molecular formula is C95H95N21. The Kier molecular flexibility index (Phi) is 34.1. The molecule has 21 nitrogen and oxygen atoms in total. The largest absolute Gasteiger partial charge is 0.264 e. The molecule has 22 rings (SSSR count). The van der Waals surface area contributed by atoms with Gasteiger partial charge in [0.2, 0.25) is 0 Å². The molecular weight excluding hydrogens is 1440 g/mol. The zero-order valence-electron chi connectivity index (χ0n) is 59.8. The second-order valence-corrected chi connectivity index (χ2v) is 25.2. The van der Waals surface area contributed by atoms with Gasteiger partial charge in [-0.25, -0.2) is 79.7 Å². The summed E-state index contributed by atoms with van der Waals surface area (Å²) in [5.41, 5.74) is 28.9. The minimum Gasteiger partial charge on any atom is -0.264 e. The number of nitrogens with zero attached hydrogens (tertiary/aromatic N) is 21. The Morgan fingerprint density at radius 2 is 0.586 bits per heavy atom. The Morgan fingerprint density at radius 3 is 1.16 bits per heavy atom. The molecule has 0 bridgehead atoms. The summed E-state index contributed by atoms with van der Waals surface area (Å²) < 4.78 is 0. The van der Waals surface area contributed by atoms with E-state index in [0.29, 0.717) is 6.42 Å². The average Bonchev–Trinajstić information content (AvgIpc) is 1.68. The molecule has 0 amide bonds. The molecule has 0 unspecified atom stereocenters. The van der Waals surface area contributed by atoms with Crippen molar-refractivity contribution in [1.82, 2.24) is 105 Å². The minimum atomic E-state index is 0. The third kappa shape index (κ3) is 23.7. The van der Waals surface area contributed by atoms with Crippen LogP contribution in [-0.2, 0) is 51.4 Å². The Bertz CT molecular complexity index is 4650. The maximum Gasteiger partial charge on any atom is 0.134 e. The van der Waals surface area contributed by atoms with E-state index in [1.54, 1.807) is 93.6 Å². The van der Waals surface area contributed by atoms with Crippen molar-refractivity contribution in [2.75, 3.05) is 0 Å². The monoisotopic (exact) mass is 1530 g/mol. The lowest BCUT2D eigenvalue weighted by Gasteiger charge is -2.00. The summed E-state index contributed by atoms with van der Waals surface area (Å²) >= 11 is 0.